The summed E-state index contributed by atoms with van der Waals surface area (Å²) in [6.45, 7) is 7.14. The highest BCUT2D eigenvalue weighted by molar-refractivity contribution is 7.99. The summed E-state index contributed by atoms with van der Waals surface area (Å²) in [5.41, 5.74) is 1.16. The highest BCUT2D eigenvalue weighted by Crippen LogP contribution is 2.20. The van der Waals surface area contributed by atoms with Crippen LogP contribution in [0.2, 0.25) is 0 Å². The summed E-state index contributed by atoms with van der Waals surface area (Å²) in [4.78, 5) is 17.3. The van der Waals surface area contributed by atoms with Gasteiger partial charge < -0.3 is 5.32 Å². The molecule has 5 heteroatoms. The van der Waals surface area contributed by atoms with Gasteiger partial charge in [-0.05, 0) is 25.3 Å². The lowest BCUT2D eigenvalue weighted by Crippen LogP contribution is -2.49. The zero-order valence-corrected chi connectivity index (χ0v) is 15.4. The van der Waals surface area contributed by atoms with Crippen LogP contribution in [-0.4, -0.2) is 66.0 Å². The number of hydrogen-bond acceptors (Lipinski definition) is 4. The van der Waals surface area contributed by atoms with Crippen molar-refractivity contribution in [3.63, 3.8) is 0 Å². The predicted octanol–water partition coefficient (Wildman–Crippen LogP) is 2.38. The van der Waals surface area contributed by atoms with Crippen LogP contribution in [0.4, 0.5) is 0 Å². The molecule has 3 rings (SSSR count). The number of nitrogens with zero attached hydrogens (tertiary/aromatic N) is 2. The van der Waals surface area contributed by atoms with Crippen molar-refractivity contribution in [3.05, 3.63) is 35.9 Å². The number of rotatable bonds is 5. The second kappa shape index (κ2) is 8.88. The van der Waals surface area contributed by atoms with Crippen LogP contribution in [0.1, 0.15) is 31.4 Å². The molecule has 0 unspecified atom stereocenters. The van der Waals surface area contributed by atoms with E-state index in [1.54, 1.807) is 0 Å². The van der Waals surface area contributed by atoms with Crippen LogP contribution in [0.25, 0.3) is 0 Å². The second-order valence-corrected chi connectivity index (χ2v) is 8.08. The molecule has 2 fully saturated rings. The highest BCUT2D eigenvalue weighted by Gasteiger charge is 2.26. The Balaban J connectivity index is 1.40. The largest absolute Gasteiger partial charge is 0.348 e. The molecule has 4 nitrogen and oxygen atoms in total. The molecule has 0 bridgehead atoms. The first-order valence-corrected chi connectivity index (χ1v) is 10.3. The van der Waals surface area contributed by atoms with Crippen molar-refractivity contribution in [1.29, 1.82) is 0 Å². The topological polar surface area (TPSA) is 35.6 Å². The Morgan fingerprint density at radius 3 is 2.50 bits per heavy atom. The summed E-state index contributed by atoms with van der Waals surface area (Å²) in [6, 6.07) is 11.0. The molecule has 2 aliphatic heterocycles. The third kappa shape index (κ3) is 4.98. The third-order valence-electron chi connectivity index (χ3n) is 5.16. The lowest BCUT2D eigenvalue weighted by atomic mass is 10.0. The van der Waals surface area contributed by atoms with Crippen LogP contribution in [0, 0.1) is 0 Å². The molecule has 24 heavy (non-hydrogen) atoms. The summed E-state index contributed by atoms with van der Waals surface area (Å²) >= 11 is 2.07. The van der Waals surface area contributed by atoms with E-state index in [-0.39, 0.29) is 11.9 Å². The Bertz CT molecular complexity index is 511. The van der Waals surface area contributed by atoms with Crippen LogP contribution in [-0.2, 0) is 4.79 Å². The summed E-state index contributed by atoms with van der Waals surface area (Å²) in [7, 11) is 0. The zero-order valence-electron chi connectivity index (χ0n) is 14.6. The standard InChI is InChI=1S/C19H29N3OS/c1-16(17-5-3-2-4-6-17)20-19(23)15-21-9-7-18(8-10-21)22-11-13-24-14-12-22/h2-6,16,18H,7-15H2,1H3,(H,20,23)/t16-/m1/s1. The fraction of sp³-hybridized carbons (Fsp3) is 0.632. The zero-order chi connectivity index (χ0) is 16.8. The number of thioether (sulfide) groups is 1. The van der Waals surface area contributed by atoms with Crippen LogP contribution in [0.5, 0.6) is 0 Å². The molecular weight excluding hydrogens is 318 g/mol. The van der Waals surface area contributed by atoms with Crippen molar-refractivity contribution in [1.82, 2.24) is 15.1 Å². The van der Waals surface area contributed by atoms with E-state index < -0.39 is 0 Å². The van der Waals surface area contributed by atoms with E-state index in [1.807, 2.05) is 25.1 Å². The van der Waals surface area contributed by atoms with Gasteiger partial charge in [0.1, 0.15) is 0 Å². The summed E-state index contributed by atoms with van der Waals surface area (Å²) in [5.74, 6) is 2.69. The number of carbonyl (C=O) groups is 1. The minimum Gasteiger partial charge on any atom is -0.348 e. The first-order chi connectivity index (χ1) is 11.7. The van der Waals surface area contributed by atoms with Gasteiger partial charge in [0.25, 0.3) is 0 Å². The second-order valence-electron chi connectivity index (χ2n) is 6.86. The van der Waals surface area contributed by atoms with E-state index in [1.165, 1.54) is 37.4 Å². The van der Waals surface area contributed by atoms with Crippen LogP contribution in [0.15, 0.2) is 30.3 Å². The quantitative estimate of drug-likeness (QED) is 0.887. The van der Waals surface area contributed by atoms with Crippen molar-refractivity contribution in [2.75, 3.05) is 44.2 Å². The molecule has 1 aromatic carbocycles. The minimum absolute atomic E-state index is 0.0714. The molecule has 132 valence electrons. The Kier molecular flexibility index (Phi) is 6.58. The van der Waals surface area contributed by atoms with Gasteiger partial charge in [-0.15, -0.1) is 0 Å². The molecule has 2 heterocycles. The minimum atomic E-state index is 0.0714. The number of carbonyl (C=O) groups excluding carboxylic acids is 1. The fourth-order valence-corrected chi connectivity index (χ4v) is 4.63. The molecule has 0 radical (unpaired) electrons. The number of hydrogen-bond donors (Lipinski definition) is 1. The van der Waals surface area contributed by atoms with Gasteiger partial charge in [-0.25, -0.2) is 0 Å². The number of benzene rings is 1. The Morgan fingerprint density at radius 1 is 1.17 bits per heavy atom. The van der Waals surface area contributed by atoms with Crippen LogP contribution in [0.3, 0.4) is 0 Å². The number of nitrogens with one attached hydrogen (secondary N) is 1. The van der Waals surface area contributed by atoms with Gasteiger partial charge in [0.2, 0.25) is 5.91 Å². The van der Waals surface area contributed by atoms with Gasteiger partial charge in [0, 0.05) is 43.7 Å². The van der Waals surface area contributed by atoms with E-state index >= 15 is 0 Å². The van der Waals surface area contributed by atoms with E-state index in [4.69, 9.17) is 0 Å². The maximum Gasteiger partial charge on any atom is 0.234 e. The van der Waals surface area contributed by atoms with Crippen molar-refractivity contribution < 1.29 is 4.79 Å². The van der Waals surface area contributed by atoms with E-state index in [2.05, 4.69) is 39.0 Å². The van der Waals surface area contributed by atoms with Crippen molar-refractivity contribution in [2.45, 2.75) is 31.8 Å². The molecular formula is C19H29N3OS. The maximum absolute atomic E-state index is 12.3. The monoisotopic (exact) mass is 347 g/mol. The lowest BCUT2D eigenvalue weighted by Gasteiger charge is -2.39. The number of piperidine rings is 1. The summed E-state index contributed by atoms with van der Waals surface area (Å²) in [5, 5.41) is 3.12. The highest BCUT2D eigenvalue weighted by atomic mass is 32.2. The molecule has 0 aliphatic carbocycles. The van der Waals surface area contributed by atoms with Crippen LogP contribution >= 0.6 is 11.8 Å². The third-order valence-corrected chi connectivity index (χ3v) is 6.11. The molecule has 2 aliphatic rings. The number of likely N-dealkylation sites (tertiary alicyclic amines) is 1. The Hall–Kier alpha value is -1.04. The van der Waals surface area contributed by atoms with E-state index in [0.29, 0.717) is 6.54 Å². The smallest absolute Gasteiger partial charge is 0.234 e. The van der Waals surface area contributed by atoms with Gasteiger partial charge >= 0.3 is 0 Å². The molecule has 1 atom stereocenters. The lowest BCUT2D eigenvalue weighted by molar-refractivity contribution is -0.123. The fourth-order valence-electron chi connectivity index (χ4n) is 3.70. The molecule has 0 saturated carbocycles. The first-order valence-electron chi connectivity index (χ1n) is 9.11. The Labute approximate surface area is 150 Å². The SMILES string of the molecule is C[C@@H](NC(=O)CN1CCC(N2CCSCC2)CC1)c1ccccc1. The van der Waals surface area contributed by atoms with Gasteiger partial charge in [-0.3, -0.25) is 14.6 Å². The van der Waals surface area contributed by atoms with Gasteiger partial charge in [0.15, 0.2) is 0 Å². The Morgan fingerprint density at radius 2 is 1.83 bits per heavy atom. The van der Waals surface area contributed by atoms with Crippen molar-refractivity contribution in [2.24, 2.45) is 0 Å². The predicted molar refractivity (Wildman–Crippen MR) is 101 cm³/mol. The molecule has 1 N–H and O–H groups in total. The van der Waals surface area contributed by atoms with Gasteiger partial charge in [0.05, 0.1) is 12.6 Å². The summed E-state index contributed by atoms with van der Waals surface area (Å²) in [6.07, 6.45) is 2.40. The van der Waals surface area contributed by atoms with Gasteiger partial charge in [-0.2, -0.15) is 11.8 Å². The molecule has 0 spiro atoms. The molecule has 1 amide bonds. The van der Waals surface area contributed by atoms with Crippen LogP contribution < -0.4 is 5.32 Å². The van der Waals surface area contributed by atoms with Crippen molar-refractivity contribution in [3.8, 4) is 0 Å². The molecule has 0 aromatic heterocycles. The average molecular weight is 348 g/mol. The normalized spacial score (nSPS) is 22.2. The average Bonchev–Trinajstić information content (AvgIpc) is 2.64. The maximum atomic E-state index is 12.3. The molecule has 2 saturated heterocycles. The van der Waals surface area contributed by atoms with Crippen molar-refractivity contribution >= 4 is 17.7 Å². The number of amides is 1. The first kappa shape index (κ1) is 17.8. The van der Waals surface area contributed by atoms with Gasteiger partial charge in [-0.1, -0.05) is 30.3 Å². The van der Waals surface area contributed by atoms with E-state index in [9.17, 15) is 4.79 Å². The van der Waals surface area contributed by atoms with E-state index in [0.717, 1.165) is 24.7 Å². The summed E-state index contributed by atoms with van der Waals surface area (Å²) < 4.78 is 0. The molecule has 1 aromatic rings.